The van der Waals surface area contributed by atoms with E-state index in [1.165, 1.54) is 4.90 Å². The van der Waals surface area contributed by atoms with Crippen LogP contribution in [0.4, 0.5) is 5.82 Å². The summed E-state index contributed by atoms with van der Waals surface area (Å²) in [5.74, 6) is 0.569. The largest absolute Gasteiger partial charge is 0.352 e. The van der Waals surface area contributed by atoms with Crippen LogP contribution in [-0.2, 0) is 7.05 Å². The van der Waals surface area contributed by atoms with E-state index in [1.807, 2.05) is 23.9 Å². The fourth-order valence-electron chi connectivity index (χ4n) is 2.59. The van der Waals surface area contributed by atoms with E-state index >= 15 is 0 Å². The van der Waals surface area contributed by atoms with Crippen molar-refractivity contribution in [3.8, 4) is 0 Å². The number of rotatable bonds is 3. The summed E-state index contributed by atoms with van der Waals surface area (Å²) in [5.41, 5.74) is -0.0219. The Hall–Kier alpha value is -1.46. The van der Waals surface area contributed by atoms with Gasteiger partial charge in [0.2, 0.25) is 0 Å². The van der Waals surface area contributed by atoms with Gasteiger partial charge in [0.15, 0.2) is 5.82 Å². The predicted octanol–water partition coefficient (Wildman–Crippen LogP) is 3.19. The predicted molar refractivity (Wildman–Crippen MR) is 92.0 cm³/mol. The summed E-state index contributed by atoms with van der Waals surface area (Å²) >= 11 is 7.80. The highest BCUT2D eigenvalue weighted by atomic mass is 35.5. The zero-order valence-electron chi connectivity index (χ0n) is 12.4. The molecule has 1 fully saturated rings. The van der Waals surface area contributed by atoms with E-state index in [1.54, 1.807) is 24.0 Å². The van der Waals surface area contributed by atoms with Crippen LogP contribution < -0.4 is 10.5 Å². The van der Waals surface area contributed by atoms with Crippen LogP contribution in [-0.4, -0.2) is 27.9 Å². The van der Waals surface area contributed by atoms with Crippen molar-refractivity contribution < 1.29 is 0 Å². The first kappa shape index (κ1) is 15.4. The molecule has 0 bridgehead atoms. The lowest BCUT2D eigenvalue weighted by Gasteiger charge is -2.32. The summed E-state index contributed by atoms with van der Waals surface area (Å²) in [6.07, 6.45) is 5.47. The summed E-state index contributed by atoms with van der Waals surface area (Å²) < 4.78 is 1.58. The highest BCUT2D eigenvalue weighted by Gasteiger charge is 2.22. The van der Waals surface area contributed by atoms with Crippen LogP contribution in [0.5, 0.6) is 0 Å². The van der Waals surface area contributed by atoms with E-state index in [-0.39, 0.29) is 5.56 Å². The van der Waals surface area contributed by atoms with Crippen LogP contribution in [0.3, 0.4) is 0 Å². The summed E-state index contributed by atoms with van der Waals surface area (Å²) in [6, 6.07) is 7.98. The quantitative estimate of drug-likeness (QED) is 0.863. The number of aryl methyl sites for hydroxylation is 1. The highest BCUT2D eigenvalue weighted by Crippen LogP contribution is 2.31. The standard InChI is InChI=1S/C16H18ClN3OS/c1-19-11-8-18-15(16(19)21)20-9-6-14(7-10-20)22-13-4-2-12(17)3-5-13/h2-5,8,11,14H,6-7,9-10H2,1H3. The molecule has 4 nitrogen and oxygen atoms in total. The fraction of sp³-hybridized carbons (Fsp3) is 0.375. The minimum Gasteiger partial charge on any atom is -0.352 e. The monoisotopic (exact) mass is 335 g/mol. The Kier molecular flexibility index (Phi) is 4.74. The van der Waals surface area contributed by atoms with Gasteiger partial charge in [0.1, 0.15) is 0 Å². The third kappa shape index (κ3) is 3.47. The maximum Gasteiger partial charge on any atom is 0.293 e. The minimum absolute atomic E-state index is 0.0219. The number of halogens is 1. The van der Waals surface area contributed by atoms with E-state index in [2.05, 4.69) is 22.0 Å². The number of nitrogens with zero attached hydrogens (tertiary/aromatic N) is 3. The van der Waals surface area contributed by atoms with E-state index in [0.717, 1.165) is 31.0 Å². The number of thioether (sulfide) groups is 1. The van der Waals surface area contributed by atoms with Crippen LogP contribution in [0, 0.1) is 0 Å². The minimum atomic E-state index is -0.0219. The van der Waals surface area contributed by atoms with Gasteiger partial charge in [0.05, 0.1) is 0 Å². The van der Waals surface area contributed by atoms with Crippen molar-refractivity contribution in [1.29, 1.82) is 0 Å². The highest BCUT2D eigenvalue weighted by molar-refractivity contribution is 8.00. The molecule has 0 saturated carbocycles. The molecule has 0 N–H and O–H groups in total. The van der Waals surface area contributed by atoms with Gasteiger partial charge in [-0.2, -0.15) is 0 Å². The molecule has 116 valence electrons. The first-order valence-corrected chi connectivity index (χ1v) is 8.58. The topological polar surface area (TPSA) is 38.1 Å². The SMILES string of the molecule is Cn1ccnc(N2CCC(Sc3ccc(Cl)cc3)CC2)c1=O. The van der Waals surface area contributed by atoms with Gasteiger partial charge in [-0.05, 0) is 37.1 Å². The molecule has 3 rings (SSSR count). The third-order valence-electron chi connectivity index (χ3n) is 3.86. The van der Waals surface area contributed by atoms with Gasteiger partial charge in [-0.1, -0.05) is 11.6 Å². The first-order valence-electron chi connectivity index (χ1n) is 7.32. The molecule has 0 spiro atoms. The van der Waals surface area contributed by atoms with E-state index in [4.69, 9.17) is 11.6 Å². The van der Waals surface area contributed by atoms with Gasteiger partial charge < -0.3 is 9.47 Å². The zero-order chi connectivity index (χ0) is 15.5. The van der Waals surface area contributed by atoms with Gasteiger partial charge in [-0.25, -0.2) is 4.98 Å². The van der Waals surface area contributed by atoms with E-state index in [9.17, 15) is 4.79 Å². The Morgan fingerprint density at radius 3 is 2.59 bits per heavy atom. The number of hydrogen-bond acceptors (Lipinski definition) is 4. The van der Waals surface area contributed by atoms with Crippen molar-refractivity contribution in [2.45, 2.75) is 23.0 Å². The molecule has 2 aromatic rings. The van der Waals surface area contributed by atoms with Crippen molar-refractivity contribution in [2.75, 3.05) is 18.0 Å². The van der Waals surface area contributed by atoms with Crippen molar-refractivity contribution in [1.82, 2.24) is 9.55 Å². The molecule has 0 radical (unpaired) electrons. The second kappa shape index (κ2) is 6.75. The molecule has 6 heteroatoms. The Labute approximate surface area is 139 Å². The Balaban J connectivity index is 1.61. The molecule has 1 aliphatic rings. The second-order valence-electron chi connectivity index (χ2n) is 5.43. The number of benzene rings is 1. The van der Waals surface area contributed by atoms with Crippen LogP contribution in [0.25, 0.3) is 0 Å². The molecule has 0 amide bonds. The molecule has 1 aromatic heterocycles. The molecule has 22 heavy (non-hydrogen) atoms. The van der Waals surface area contributed by atoms with E-state index in [0.29, 0.717) is 11.1 Å². The number of aromatic nitrogens is 2. The molecule has 1 aliphatic heterocycles. The number of hydrogen-bond donors (Lipinski definition) is 0. The maximum atomic E-state index is 12.1. The summed E-state index contributed by atoms with van der Waals surface area (Å²) in [4.78, 5) is 19.7. The van der Waals surface area contributed by atoms with Crippen LogP contribution >= 0.6 is 23.4 Å². The van der Waals surface area contributed by atoms with Gasteiger partial charge >= 0.3 is 0 Å². The lowest BCUT2D eigenvalue weighted by Crippen LogP contribution is -2.39. The maximum absolute atomic E-state index is 12.1. The Morgan fingerprint density at radius 1 is 1.23 bits per heavy atom. The van der Waals surface area contributed by atoms with Crippen molar-refractivity contribution in [3.63, 3.8) is 0 Å². The van der Waals surface area contributed by atoms with Crippen LogP contribution in [0.2, 0.25) is 5.02 Å². The molecule has 1 aromatic carbocycles. The van der Waals surface area contributed by atoms with E-state index < -0.39 is 0 Å². The fourth-order valence-corrected chi connectivity index (χ4v) is 3.84. The number of anilines is 1. The molecular weight excluding hydrogens is 318 g/mol. The molecule has 2 heterocycles. The molecule has 0 unspecified atom stereocenters. The Morgan fingerprint density at radius 2 is 1.91 bits per heavy atom. The van der Waals surface area contributed by atoms with Gasteiger partial charge in [0, 0.05) is 47.7 Å². The summed E-state index contributed by atoms with van der Waals surface area (Å²) in [6.45, 7) is 1.75. The molecule has 1 saturated heterocycles. The Bertz CT molecular complexity index is 693. The van der Waals surface area contributed by atoms with Gasteiger partial charge in [-0.3, -0.25) is 4.79 Å². The van der Waals surface area contributed by atoms with Gasteiger partial charge in [-0.15, -0.1) is 11.8 Å². The van der Waals surface area contributed by atoms with Crippen molar-refractivity contribution >= 4 is 29.2 Å². The third-order valence-corrected chi connectivity index (χ3v) is 5.46. The van der Waals surface area contributed by atoms with Crippen LogP contribution in [0.1, 0.15) is 12.8 Å². The van der Waals surface area contributed by atoms with Gasteiger partial charge in [0.25, 0.3) is 5.56 Å². The van der Waals surface area contributed by atoms with Crippen molar-refractivity contribution in [3.05, 3.63) is 52.0 Å². The lowest BCUT2D eigenvalue weighted by molar-refractivity contribution is 0.581. The smallest absolute Gasteiger partial charge is 0.293 e. The first-order chi connectivity index (χ1) is 10.6. The molecule has 0 atom stereocenters. The summed E-state index contributed by atoms with van der Waals surface area (Å²) in [7, 11) is 1.76. The summed E-state index contributed by atoms with van der Waals surface area (Å²) in [5, 5.41) is 1.34. The van der Waals surface area contributed by atoms with Crippen molar-refractivity contribution in [2.24, 2.45) is 7.05 Å². The lowest BCUT2D eigenvalue weighted by atomic mass is 10.1. The zero-order valence-corrected chi connectivity index (χ0v) is 14.0. The molecule has 0 aliphatic carbocycles. The number of piperidine rings is 1. The molecular formula is C16H18ClN3OS. The average Bonchev–Trinajstić information content (AvgIpc) is 2.53. The van der Waals surface area contributed by atoms with Crippen LogP contribution in [0.15, 0.2) is 46.3 Å². The average molecular weight is 336 g/mol. The second-order valence-corrected chi connectivity index (χ2v) is 7.24. The normalized spacial score (nSPS) is 16.0.